The Morgan fingerprint density at radius 3 is 2.82 bits per heavy atom. The topological polar surface area (TPSA) is 84.2 Å². The van der Waals surface area contributed by atoms with Gasteiger partial charge in [0.1, 0.15) is 0 Å². The molecule has 0 saturated carbocycles. The zero-order valence-electron chi connectivity index (χ0n) is 15.3. The maximum Gasteiger partial charge on any atom is 0.262 e. The number of aryl methyl sites for hydroxylation is 1. The Morgan fingerprint density at radius 1 is 1.29 bits per heavy atom. The van der Waals surface area contributed by atoms with E-state index in [0.29, 0.717) is 34.7 Å². The van der Waals surface area contributed by atoms with Crippen LogP contribution in [0.25, 0.3) is 10.9 Å². The van der Waals surface area contributed by atoms with Crippen LogP contribution in [0.2, 0.25) is 0 Å². The quantitative estimate of drug-likeness (QED) is 0.414. The zero-order chi connectivity index (χ0) is 20.1. The number of carbonyl (C=O) groups excluding carboxylic acids is 1. The van der Waals surface area contributed by atoms with E-state index in [-0.39, 0.29) is 23.8 Å². The van der Waals surface area contributed by atoms with Crippen molar-refractivity contribution >= 4 is 50.2 Å². The van der Waals surface area contributed by atoms with E-state index in [1.165, 1.54) is 16.3 Å². The van der Waals surface area contributed by atoms with E-state index in [2.05, 4.69) is 26.2 Å². The van der Waals surface area contributed by atoms with Crippen LogP contribution in [0, 0.1) is 6.92 Å². The van der Waals surface area contributed by atoms with E-state index in [1.54, 1.807) is 18.2 Å². The van der Waals surface area contributed by atoms with E-state index < -0.39 is 0 Å². The van der Waals surface area contributed by atoms with Gasteiger partial charge in [0.15, 0.2) is 5.16 Å². The van der Waals surface area contributed by atoms with Gasteiger partial charge >= 0.3 is 0 Å². The van der Waals surface area contributed by atoms with Gasteiger partial charge in [0, 0.05) is 23.3 Å². The molecule has 8 heteroatoms. The highest BCUT2D eigenvalue weighted by Crippen LogP contribution is 2.22. The number of hydrogen-bond donors (Lipinski definition) is 2. The fraction of sp³-hybridized carbons (Fsp3) is 0.250. The predicted octanol–water partition coefficient (Wildman–Crippen LogP) is 3.58. The van der Waals surface area contributed by atoms with E-state index in [9.17, 15) is 9.59 Å². The second-order valence-electron chi connectivity index (χ2n) is 6.25. The summed E-state index contributed by atoms with van der Waals surface area (Å²) in [4.78, 5) is 29.7. The maximum absolute atomic E-state index is 12.8. The maximum atomic E-state index is 12.8. The van der Waals surface area contributed by atoms with Gasteiger partial charge in [-0.1, -0.05) is 45.9 Å². The smallest absolute Gasteiger partial charge is 0.262 e. The fourth-order valence-electron chi connectivity index (χ4n) is 2.68. The van der Waals surface area contributed by atoms with Gasteiger partial charge in [0.25, 0.3) is 5.56 Å². The third-order valence-corrected chi connectivity index (χ3v) is 5.99. The summed E-state index contributed by atoms with van der Waals surface area (Å²) in [7, 11) is 0. The van der Waals surface area contributed by atoms with Gasteiger partial charge in [-0.05, 0) is 43.2 Å². The lowest BCUT2D eigenvalue weighted by molar-refractivity contribution is -0.113. The van der Waals surface area contributed by atoms with Crippen molar-refractivity contribution in [2.24, 2.45) is 0 Å². The third kappa shape index (κ3) is 4.81. The minimum atomic E-state index is -0.183. The summed E-state index contributed by atoms with van der Waals surface area (Å²) in [5.74, 6) is -0.0630. The molecule has 0 spiro atoms. The van der Waals surface area contributed by atoms with Gasteiger partial charge in [-0.2, -0.15) is 0 Å². The van der Waals surface area contributed by atoms with Crippen LogP contribution >= 0.6 is 27.7 Å². The summed E-state index contributed by atoms with van der Waals surface area (Å²) in [6.45, 7) is 2.30. The zero-order valence-corrected chi connectivity index (χ0v) is 17.7. The molecule has 3 rings (SSSR count). The van der Waals surface area contributed by atoms with E-state index in [0.717, 1.165) is 10.0 Å². The Labute approximate surface area is 175 Å². The molecular weight excluding hydrogens is 442 g/mol. The van der Waals surface area contributed by atoms with Gasteiger partial charge in [-0.15, -0.1) is 0 Å². The average Bonchev–Trinajstić information content (AvgIpc) is 2.69. The van der Waals surface area contributed by atoms with Crippen molar-refractivity contribution in [3.63, 3.8) is 0 Å². The van der Waals surface area contributed by atoms with Crippen LogP contribution in [0.4, 0.5) is 5.69 Å². The van der Waals surface area contributed by atoms with E-state index >= 15 is 0 Å². The molecule has 0 unspecified atom stereocenters. The molecule has 0 fully saturated rings. The Bertz CT molecular complexity index is 1070. The highest BCUT2D eigenvalue weighted by molar-refractivity contribution is 9.10. The summed E-state index contributed by atoms with van der Waals surface area (Å²) in [5, 5.41) is 13.0. The Hall–Kier alpha value is -2.16. The van der Waals surface area contributed by atoms with Crippen LogP contribution in [0.5, 0.6) is 0 Å². The van der Waals surface area contributed by atoms with Gasteiger partial charge in [0.2, 0.25) is 5.91 Å². The number of amides is 1. The monoisotopic (exact) mass is 461 g/mol. The molecule has 0 bridgehead atoms. The number of aromatic nitrogens is 2. The van der Waals surface area contributed by atoms with Crippen molar-refractivity contribution < 1.29 is 9.90 Å². The SMILES string of the molecule is Cc1ccc(NC(=O)CSc2nc3ccccc3c(=O)n2CCCO)cc1Br. The van der Waals surface area contributed by atoms with E-state index in [4.69, 9.17) is 5.11 Å². The van der Waals surface area contributed by atoms with Gasteiger partial charge in [-0.3, -0.25) is 14.2 Å². The summed E-state index contributed by atoms with van der Waals surface area (Å²) in [6.07, 6.45) is 0.442. The average molecular weight is 462 g/mol. The van der Waals surface area contributed by atoms with E-state index in [1.807, 2.05) is 31.2 Å². The number of aliphatic hydroxyl groups excluding tert-OH is 1. The van der Waals surface area contributed by atoms with Crippen molar-refractivity contribution in [2.45, 2.75) is 25.0 Å². The highest BCUT2D eigenvalue weighted by Gasteiger charge is 2.13. The number of para-hydroxylation sites is 1. The summed E-state index contributed by atoms with van der Waals surface area (Å²) < 4.78 is 2.45. The van der Waals surface area contributed by atoms with Crippen LogP contribution in [-0.2, 0) is 11.3 Å². The Kier molecular flexibility index (Phi) is 6.88. The molecule has 0 aliphatic heterocycles. The molecule has 1 heterocycles. The molecule has 2 aromatic carbocycles. The highest BCUT2D eigenvalue weighted by atomic mass is 79.9. The number of aliphatic hydroxyl groups is 1. The predicted molar refractivity (Wildman–Crippen MR) is 116 cm³/mol. The van der Waals surface area contributed by atoms with Crippen molar-refractivity contribution in [2.75, 3.05) is 17.7 Å². The second-order valence-corrected chi connectivity index (χ2v) is 8.04. The number of anilines is 1. The molecule has 28 heavy (non-hydrogen) atoms. The molecule has 0 atom stereocenters. The number of benzene rings is 2. The number of rotatable bonds is 7. The number of nitrogens with one attached hydrogen (secondary N) is 1. The Morgan fingerprint density at radius 2 is 2.07 bits per heavy atom. The molecule has 146 valence electrons. The minimum Gasteiger partial charge on any atom is -0.396 e. The van der Waals surface area contributed by atoms with Crippen LogP contribution in [0.15, 0.2) is 56.9 Å². The van der Waals surface area contributed by atoms with Gasteiger partial charge in [-0.25, -0.2) is 4.98 Å². The summed E-state index contributed by atoms with van der Waals surface area (Å²) in [5.41, 5.74) is 2.22. The fourth-order valence-corrected chi connectivity index (χ4v) is 3.89. The molecule has 1 amide bonds. The lowest BCUT2D eigenvalue weighted by Crippen LogP contribution is -2.24. The molecule has 0 radical (unpaired) electrons. The standard InChI is InChI=1S/C20H20BrN3O3S/c1-13-7-8-14(11-16(13)21)22-18(26)12-28-20-23-17-6-3-2-5-15(17)19(27)24(20)9-4-10-25/h2-3,5-8,11,25H,4,9-10,12H2,1H3,(H,22,26). The number of thioether (sulfide) groups is 1. The first-order chi connectivity index (χ1) is 13.5. The van der Waals surface area contributed by atoms with Crippen LogP contribution in [0.3, 0.4) is 0 Å². The molecule has 0 saturated heterocycles. The molecule has 3 aromatic rings. The lowest BCUT2D eigenvalue weighted by atomic mass is 10.2. The van der Waals surface area contributed by atoms with Crippen LogP contribution < -0.4 is 10.9 Å². The van der Waals surface area contributed by atoms with Gasteiger partial charge < -0.3 is 10.4 Å². The first-order valence-electron chi connectivity index (χ1n) is 8.79. The molecule has 0 aliphatic rings. The van der Waals surface area contributed by atoms with Crippen molar-refractivity contribution in [3.05, 3.63) is 62.9 Å². The molecule has 2 N–H and O–H groups in total. The lowest BCUT2D eigenvalue weighted by Gasteiger charge is -2.13. The number of hydrogen-bond acceptors (Lipinski definition) is 5. The van der Waals surface area contributed by atoms with Crippen molar-refractivity contribution in [1.29, 1.82) is 0 Å². The number of fused-ring (bicyclic) bond motifs is 1. The second kappa shape index (κ2) is 9.36. The van der Waals surface area contributed by atoms with Crippen molar-refractivity contribution in [1.82, 2.24) is 9.55 Å². The summed E-state index contributed by atoms with van der Waals surface area (Å²) >= 11 is 4.66. The molecule has 1 aromatic heterocycles. The normalized spacial score (nSPS) is 11.0. The third-order valence-electron chi connectivity index (χ3n) is 4.15. The number of carbonyl (C=O) groups is 1. The van der Waals surface area contributed by atoms with Crippen LogP contribution in [0.1, 0.15) is 12.0 Å². The largest absolute Gasteiger partial charge is 0.396 e. The number of halogens is 1. The van der Waals surface area contributed by atoms with Gasteiger partial charge in [0.05, 0.1) is 16.7 Å². The molecule has 0 aliphatic carbocycles. The summed E-state index contributed by atoms with van der Waals surface area (Å²) in [6, 6.07) is 12.7. The van der Waals surface area contributed by atoms with Crippen LogP contribution in [-0.4, -0.2) is 32.9 Å². The Balaban J connectivity index is 1.79. The van der Waals surface area contributed by atoms with Crippen molar-refractivity contribution in [3.8, 4) is 0 Å². The minimum absolute atomic E-state index is 0.0217. The number of nitrogens with zero attached hydrogens (tertiary/aromatic N) is 2. The molecular formula is C20H20BrN3O3S. The first-order valence-corrected chi connectivity index (χ1v) is 10.6. The molecule has 6 nitrogen and oxygen atoms in total. The first kappa shape index (κ1) is 20.6.